The Labute approximate surface area is 297 Å². The summed E-state index contributed by atoms with van der Waals surface area (Å²) in [4.78, 5) is 12.6. The van der Waals surface area contributed by atoms with E-state index in [1.807, 2.05) is 32.3 Å². The number of aliphatic imine (C=N–C) groups is 2. The van der Waals surface area contributed by atoms with E-state index >= 15 is 0 Å². The van der Waals surface area contributed by atoms with Crippen LogP contribution in [0.5, 0.6) is 11.5 Å². The normalized spacial score (nSPS) is 14.9. The number of thioether (sulfide) groups is 2. The first-order chi connectivity index (χ1) is 22.6. The molecule has 2 aliphatic heterocycles. The van der Waals surface area contributed by atoms with Gasteiger partial charge in [0.05, 0.1) is 11.4 Å². The van der Waals surface area contributed by atoms with Crippen molar-refractivity contribution in [1.82, 2.24) is 0 Å². The molecule has 0 saturated heterocycles. The lowest BCUT2D eigenvalue weighted by atomic mass is 10.1. The molecule has 0 bridgehead atoms. The molecule has 7 nitrogen and oxygen atoms in total. The third-order valence-electron chi connectivity index (χ3n) is 8.25. The zero-order valence-electron chi connectivity index (χ0n) is 29.4. The Morgan fingerprint density at radius 2 is 0.979 bits per heavy atom. The fourth-order valence-corrected chi connectivity index (χ4v) is 24.1. The zero-order chi connectivity index (χ0) is 34.5. The molecule has 0 saturated carbocycles. The molecule has 0 N–H and O–H groups in total. The smallest absolute Gasteiger partial charge is 0.383 e. The number of hydrogen-bond acceptors (Lipinski definition) is 9. The maximum absolute atomic E-state index is 6.53. The molecule has 0 spiro atoms. The molecule has 2 aliphatic rings. The maximum Gasteiger partial charge on any atom is 0.383 e. The Morgan fingerprint density at radius 3 is 1.42 bits per heavy atom. The lowest BCUT2D eigenvalue weighted by Gasteiger charge is -2.31. The molecule has 0 fully saturated rings. The molecule has 0 atom stereocenters. The molecule has 0 aliphatic carbocycles. The van der Waals surface area contributed by atoms with Crippen molar-refractivity contribution in [2.45, 2.75) is 67.8 Å². The van der Waals surface area contributed by atoms with Crippen LogP contribution in [0.1, 0.15) is 11.1 Å². The Hall–Kier alpha value is -2.47. The van der Waals surface area contributed by atoms with Gasteiger partial charge in [0.2, 0.25) is 8.32 Å². The highest BCUT2D eigenvalue weighted by atomic mass is 32.2. The van der Waals surface area contributed by atoms with E-state index in [0.29, 0.717) is 0 Å². The third-order valence-corrected chi connectivity index (χ3v) is 24.8. The highest BCUT2D eigenvalue weighted by Gasteiger charge is 2.38. The second kappa shape index (κ2) is 13.3. The van der Waals surface area contributed by atoms with E-state index in [0.717, 1.165) is 49.8 Å². The van der Waals surface area contributed by atoms with Gasteiger partial charge >= 0.3 is 17.1 Å². The van der Waals surface area contributed by atoms with Gasteiger partial charge in [-0.05, 0) is 131 Å². The molecule has 13 heteroatoms. The summed E-state index contributed by atoms with van der Waals surface area (Å²) in [6.07, 6.45) is 0. The minimum atomic E-state index is -2.41. The standard InChI is InChI=1S/C35H44N2O5S2Si4/c1-38-45(3,4)23-46(5,6)40-26-15-11-24(12-16-26)34-36-28-19-22-31-33-29(20-21-30(43-34)32(28)33)37-35(44-31)25-13-17-27(18-14-25)41-48(9,10)42-47(7,8)39-2/h11-22H,23H2,1-10H3. The van der Waals surface area contributed by atoms with Crippen molar-refractivity contribution >= 4 is 89.5 Å². The molecule has 252 valence electrons. The monoisotopic (exact) mass is 748 g/mol. The summed E-state index contributed by atoms with van der Waals surface area (Å²) in [5.41, 5.74) is 5.13. The highest BCUT2D eigenvalue weighted by molar-refractivity contribution is 8.15. The fraction of sp³-hybridized carbons (Fsp3) is 0.314. The molecule has 0 radical (unpaired) electrons. The summed E-state index contributed by atoms with van der Waals surface area (Å²) in [6.45, 7) is 17.2. The van der Waals surface area contributed by atoms with Gasteiger partial charge in [-0.1, -0.05) is 23.5 Å². The summed E-state index contributed by atoms with van der Waals surface area (Å²) in [5, 5.41) is 4.29. The van der Waals surface area contributed by atoms with E-state index in [1.165, 1.54) is 20.6 Å². The number of hydrogen-bond donors (Lipinski definition) is 0. The van der Waals surface area contributed by atoms with Crippen molar-refractivity contribution in [3.05, 3.63) is 83.9 Å². The van der Waals surface area contributed by atoms with Crippen LogP contribution in [0.3, 0.4) is 0 Å². The van der Waals surface area contributed by atoms with E-state index in [2.05, 4.69) is 99.9 Å². The van der Waals surface area contributed by atoms with Crippen LogP contribution in [0.4, 0.5) is 11.4 Å². The summed E-state index contributed by atoms with van der Waals surface area (Å²) in [7, 11) is -4.72. The Kier molecular flexibility index (Phi) is 9.83. The van der Waals surface area contributed by atoms with Gasteiger partial charge in [-0.2, -0.15) is 0 Å². The van der Waals surface area contributed by atoms with Crippen LogP contribution < -0.4 is 8.85 Å². The van der Waals surface area contributed by atoms with E-state index in [-0.39, 0.29) is 0 Å². The lowest BCUT2D eigenvalue weighted by Crippen LogP contribution is -2.49. The van der Waals surface area contributed by atoms with Crippen molar-refractivity contribution < 1.29 is 21.8 Å². The third kappa shape index (κ3) is 7.95. The van der Waals surface area contributed by atoms with Crippen LogP contribution >= 0.6 is 23.5 Å². The Balaban J connectivity index is 1.21. The first-order valence-corrected chi connectivity index (χ1v) is 29.6. The van der Waals surface area contributed by atoms with Crippen molar-refractivity contribution in [3.8, 4) is 11.5 Å². The molecule has 6 rings (SSSR count). The van der Waals surface area contributed by atoms with Gasteiger partial charge in [0.15, 0.2) is 8.32 Å². The molecule has 0 aromatic heterocycles. The molecule has 4 aromatic rings. The van der Waals surface area contributed by atoms with E-state index in [1.54, 1.807) is 30.6 Å². The van der Waals surface area contributed by atoms with Crippen LogP contribution in [0.15, 0.2) is 92.6 Å². The maximum atomic E-state index is 6.53. The minimum Gasteiger partial charge on any atom is -0.544 e. The Bertz CT molecular complexity index is 1770. The summed E-state index contributed by atoms with van der Waals surface area (Å²) >= 11 is 3.42. The topological polar surface area (TPSA) is 70.9 Å². The number of rotatable bonds is 12. The van der Waals surface area contributed by atoms with Crippen LogP contribution in [-0.2, 0) is 13.0 Å². The quantitative estimate of drug-likeness (QED) is 0.134. The highest BCUT2D eigenvalue weighted by Crippen LogP contribution is 2.50. The van der Waals surface area contributed by atoms with Gasteiger partial charge in [-0.15, -0.1) is 0 Å². The zero-order valence-corrected chi connectivity index (χ0v) is 35.0. The molecular weight excluding hydrogens is 705 g/mol. The van der Waals surface area contributed by atoms with Gasteiger partial charge in [0.25, 0.3) is 0 Å². The van der Waals surface area contributed by atoms with E-state index < -0.39 is 33.8 Å². The summed E-state index contributed by atoms with van der Waals surface area (Å²) in [5.74, 6) is 1.71. The largest absolute Gasteiger partial charge is 0.544 e. The van der Waals surface area contributed by atoms with Crippen molar-refractivity contribution in [3.63, 3.8) is 0 Å². The van der Waals surface area contributed by atoms with Crippen LogP contribution in [0.25, 0.3) is 10.8 Å². The molecule has 2 heterocycles. The second-order valence-corrected chi connectivity index (χ2v) is 32.4. The van der Waals surface area contributed by atoms with E-state index in [4.69, 9.17) is 31.8 Å². The van der Waals surface area contributed by atoms with Crippen molar-refractivity contribution in [2.24, 2.45) is 9.98 Å². The number of nitrogens with zero attached hydrogens (tertiary/aromatic N) is 2. The van der Waals surface area contributed by atoms with Gasteiger partial charge in [0, 0.05) is 45.9 Å². The molecule has 0 amide bonds. The second-order valence-electron chi connectivity index (χ2n) is 14.2. The molecular formula is C35H44N2O5S2Si4. The first-order valence-electron chi connectivity index (χ1n) is 16.1. The van der Waals surface area contributed by atoms with Crippen molar-refractivity contribution in [2.75, 3.05) is 14.2 Å². The average Bonchev–Trinajstić information content (AvgIpc) is 3.02. The minimum absolute atomic E-state index is 0.794. The van der Waals surface area contributed by atoms with Gasteiger partial charge in [-0.3, -0.25) is 0 Å². The molecule has 48 heavy (non-hydrogen) atoms. The van der Waals surface area contributed by atoms with Crippen LogP contribution in [-0.4, -0.2) is 58.1 Å². The van der Waals surface area contributed by atoms with Gasteiger partial charge < -0.3 is 21.8 Å². The first kappa shape index (κ1) is 35.4. The molecule has 0 unspecified atom stereocenters. The fourth-order valence-electron chi connectivity index (χ4n) is 6.20. The van der Waals surface area contributed by atoms with Gasteiger partial charge in [-0.25, -0.2) is 9.98 Å². The predicted molar refractivity (Wildman–Crippen MR) is 212 cm³/mol. The Morgan fingerprint density at radius 1 is 0.521 bits per heavy atom. The predicted octanol–water partition coefficient (Wildman–Crippen LogP) is 10.6. The summed E-state index contributed by atoms with van der Waals surface area (Å²) in [6, 6.07) is 25.2. The van der Waals surface area contributed by atoms with Crippen molar-refractivity contribution in [1.29, 1.82) is 0 Å². The van der Waals surface area contributed by atoms with Crippen LogP contribution in [0.2, 0.25) is 58.0 Å². The SMILES string of the molecule is CO[Si](C)(C)C[Si](C)(C)Oc1ccc(C2=Nc3ccc4c5c(ccc(c35)S2)N=C(c2ccc(O[Si](C)(C)O[Si](C)(C)OC)cc2)S4)cc1. The van der Waals surface area contributed by atoms with Crippen LogP contribution in [0, 0.1) is 0 Å². The van der Waals surface area contributed by atoms with E-state index in [9.17, 15) is 0 Å². The lowest BCUT2D eigenvalue weighted by molar-refractivity contribution is 0.281. The molecule has 4 aromatic carbocycles. The average molecular weight is 749 g/mol. The number of benzene rings is 4. The summed E-state index contributed by atoms with van der Waals surface area (Å²) < 4.78 is 30.5. The van der Waals surface area contributed by atoms with Gasteiger partial charge in [0.1, 0.15) is 21.6 Å².